The van der Waals surface area contributed by atoms with Gasteiger partial charge in [-0.05, 0) is 48.5 Å². The highest BCUT2D eigenvalue weighted by atomic mass is 79.9. The van der Waals surface area contributed by atoms with Crippen molar-refractivity contribution in [3.8, 4) is 0 Å². The third-order valence-corrected chi connectivity index (χ3v) is 5.69. The van der Waals surface area contributed by atoms with Gasteiger partial charge in [0.15, 0.2) is 0 Å². The van der Waals surface area contributed by atoms with E-state index in [2.05, 4.69) is 41.3 Å². The van der Waals surface area contributed by atoms with Gasteiger partial charge in [0.2, 0.25) is 5.95 Å². The summed E-state index contributed by atoms with van der Waals surface area (Å²) >= 11 is 3.27. The molecule has 3 aromatic rings. The number of anilines is 2. The maximum Gasteiger partial charge on any atom is 0.261 e. The lowest BCUT2D eigenvalue weighted by Gasteiger charge is -2.10. The fourth-order valence-corrected chi connectivity index (χ4v) is 3.71. The van der Waals surface area contributed by atoms with Gasteiger partial charge in [-0.15, -0.1) is 0 Å². The minimum absolute atomic E-state index is 0.129. The molecule has 0 spiro atoms. The summed E-state index contributed by atoms with van der Waals surface area (Å²) in [5, 5.41) is 5.74. The number of aromatic nitrogens is 2. The van der Waals surface area contributed by atoms with Gasteiger partial charge in [0.05, 0.1) is 4.90 Å². The number of carbonyl (C=O) groups is 1. The highest BCUT2D eigenvalue weighted by Gasteiger charge is 2.15. The predicted molar refractivity (Wildman–Crippen MR) is 114 cm³/mol. The Bertz CT molecular complexity index is 1080. The normalized spacial score (nSPS) is 10.9. The first-order valence-corrected chi connectivity index (χ1v) is 10.9. The number of hydrogen-bond donors (Lipinski definition) is 3. The molecule has 0 aliphatic heterocycles. The molecule has 1 heterocycles. The van der Waals surface area contributed by atoms with Crippen molar-refractivity contribution in [3.63, 3.8) is 0 Å². The molecule has 0 saturated heterocycles. The molecular formula is C19H18BrN5O3S. The van der Waals surface area contributed by atoms with Gasteiger partial charge in [-0.25, -0.2) is 18.4 Å². The molecule has 0 aliphatic carbocycles. The van der Waals surface area contributed by atoms with Gasteiger partial charge < -0.3 is 10.6 Å². The van der Waals surface area contributed by atoms with E-state index in [9.17, 15) is 13.2 Å². The molecule has 0 aliphatic rings. The van der Waals surface area contributed by atoms with Gasteiger partial charge in [0.1, 0.15) is 0 Å². The summed E-state index contributed by atoms with van der Waals surface area (Å²) < 4.78 is 28.3. The standard InChI is InChI=1S/C19H18BrN5O3S/c20-15-5-7-17(8-6-15)29(27,28)25-16-4-1-3-14(13-16)18(26)21-11-12-24-19-22-9-2-10-23-19/h1-10,13,25H,11-12H2,(H,21,26)(H,22,23,24). The molecule has 29 heavy (non-hydrogen) atoms. The van der Waals surface area contributed by atoms with Gasteiger partial charge in [0, 0.05) is 41.2 Å². The van der Waals surface area contributed by atoms with Crippen molar-refractivity contribution in [3.05, 3.63) is 77.0 Å². The van der Waals surface area contributed by atoms with Crippen molar-refractivity contribution in [2.45, 2.75) is 4.90 Å². The fraction of sp³-hybridized carbons (Fsp3) is 0.105. The van der Waals surface area contributed by atoms with Crippen molar-refractivity contribution in [1.29, 1.82) is 0 Å². The first kappa shape index (κ1) is 20.7. The lowest BCUT2D eigenvalue weighted by molar-refractivity contribution is 0.0955. The van der Waals surface area contributed by atoms with Crippen LogP contribution in [0.3, 0.4) is 0 Å². The number of nitrogens with one attached hydrogen (secondary N) is 3. The average molecular weight is 476 g/mol. The lowest BCUT2D eigenvalue weighted by atomic mass is 10.2. The Morgan fingerprint density at radius 2 is 1.69 bits per heavy atom. The molecule has 0 saturated carbocycles. The molecule has 8 nitrogen and oxygen atoms in total. The van der Waals surface area contributed by atoms with E-state index in [-0.39, 0.29) is 10.8 Å². The molecule has 0 radical (unpaired) electrons. The van der Waals surface area contributed by atoms with Crippen LogP contribution in [0.5, 0.6) is 0 Å². The summed E-state index contributed by atoms with van der Waals surface area (Å²) in [6.45, 7) is 0.803. The predicted octanol–water partition coefficient (Wildman–Crippen LogP) is 2.88. The molecular weight excluding hydrogens is 458 g/mol. The summed E-state index contributed by atoms with van der Waals surface area (Å²) in [6.07, 6.45) is 3.24. The number of amides is 1. The summed E-state index contributed by atoms with van der Waals surface area (Å²) in [7, 11) is -3.75. The zero-order valence-electron chi connectivity index (χ0n) is 15.2. The Morgan fingerprint density at radius 1 is 0.966 bits per heavy atom. The van der Waals surface area contributed by atoms with E-state index in [1.54, 1.807) is 48.8 Å². The van der Waals surface area contributed by atoms with Crippen molar-refractivity contribution in [1.82, 2.24) is 15.3 Å². The lowest BCUT2D eigenvalue weighted by Crippen LogP contribution is -2.29. The molecule has 1 aromatic heterocycles. The molecule has 1 amide bonds. The maximum absolute atomic E-state index is 12.5. The Kier molecular flexibility index (Phi) is 6.78. The van der Waals surface area contributed by atoms with Gasteiger partial charge in [-0.2, -0.15) is 0 Å². The van der Waals surface area contributed by atoms with Gasteiger partial charge in [0.25, 0.3) is 15.9 Å². The number of nitrogens with zero attached hydrogens (tertiary/aromatic N) is 2. The smallest absolute Gasteiger partial charge is 0.261 e. The Morgan fingerprint density at radius 3 is 2.41 bits per heavy atom. The maximum atomic E-state index is 12.5. The third-order valence-electron chi connectivity index (χ3n) is 3.76. The summed E-state index contributed by atoms with van der Waals surface area (Å²) in [6, 6.07) is 14.3. The number of sulfonamides is 1. The van der Waals surface area contributed by atoms with E-state index in [4.69, 9.17) is 0 Å². The van der Waals surface area contributed by atoms with Crippen LogP contribution in [0.1, 0.15) is 10.4 Å². The van der Waals surface area contributed by atoms with E-state index in [0.29, 0.717) is 30.3 Å². The van der Waals surface area contributed by atoms with Crippen LogP contribution in [0, 0.1) is 0 Å². The van der Waals surface area contributed by atoms with E-state index in [0.717, 1.165) is 4.47 Å². The third kappa shape index (κ3) is 6.00. The molecule has 0 unspecified atom stereocenters. The second kappa shape index (κ2) is 9.48. The average Bonchev–Trinajstić information content (AvgIpc) is 2.72. The summed E-state index contributed by atoms with van der Waals surface area (Å²) in [4.78, 5) is 20.5. The highest BCUT2D eigenvalue weighted by Crippen LogP contribution is 2.19. The van der Waals surface area contributed by atoms with E-state index >= 15 is 0 Å². The van der Waals surface area contributed by atoms with Crippen molar-refractivity contribution >= 4 is 43.5 Å². The Balaban J connectivity index is 1.58. The van der Waals surface area contributed by atoms with Crippen LogP contribution in [-0.4, -0.2) is 37.4 Å². The van der Waals surface area contributed by atoms with Crippen LogP contribution in [0.4, 0.5) is 11.6 Å². The number of rotatable bonds is 8. The summed E-state index contributed by atoms with van der Waals surface area (Å²) in [5.41, 5.74) is 0.647. The topological polar surface area (TPSA) is 113 Å². The van der Waals surface area contributed by atoms with Gasteiger partial charge in [-0.3, -0.25) is 9.52 Å². The van der Waals surface area contributed by atoms with Crippen LogP contribution in [0.25, 0.3) is 0 Å². The number of benzene rings is 2. The van der Waals surface area contributed by atoms with Gasteiger partial charge in [-0.1, -0.05) is 22.0 Å². The number of hydrogen-bond acceptors (Lipinski definition) is 6. The number of halogens is 1. The zero-order valence-corrected chi connectivity index (χ0v) is 17.6. The molecule has 3 N–H and O–H groups in total. The Labute approximate surface area is 177 Å². The molecule has 10 heteroatoms. The molecule has 0 bridgehead atoms. The second-order valence-corrected chi connectivity index (χ2v) is 8.49. The van der Waals surface area contributed by atoms with E-state index in [1.165, 1.54) is 18.2 Å². The van der Waals surface area contributed by atoms with Crippen LogP contribution in [0.15, 0.2) is 76.4 Å². The van der Waals surface area contributed by atoms with E-state index < -0.39 is 10.0 Å². The van der Waals surface area contributed by atoms with Crippen LogP contribution < -0.4 is 15.4 Å². The number of carbonyl (C=O) groups excluding carboxylic acids is 1. The highest BCUT2D eigenvalue weighted by molar-refractivity contribution is 9.10. The zero-order chi connectivity index (χ0) is 20.7. The van der Waals surface area contributed by atoms with Crippen molar-refractivity contribution in [2.24, 2.45) is 0 Å². The molecule has 0 atom stereocenters. The molecule has 0 fully saturated rings. The van der Waals surface area contributed by atoms with E-state index in [1.807, 2.05) is 0 Å². The van der Waals surface area contributed by atoms with Gasteiger partial charge >= 0.3 is 0 Å². The van der Waals surface area contributed by atoms with Crippen LogP contribution in [-0.2, 0) is 10.0 Å². The Hall–Kier alpha value is -2.98. The monoisotopic (exact) mass is 475 g/mol. The molecule has 2 aromatic carbocycles. The molecule has 150 valence electrons. The minimum atomic E-state index is -3.75. The van der Waals surface area contributed by atoms with Crippen molar-refractivity contribution < 1.29 is 13.2 Å². The molecule has 3 rings (SSSR count). The summed E-state index contributed by atoms with van der Waals surface area (Å²) in [5.74, 6) is 0.163. The van der Waals surface area contributed by atoms with Crippen LogP contribution >= 0.6 is 15.9 Å². The first-order chi connectivity index (χ1) is 13.9. The fourth-order valence-electron chi connectivity index (χ4n) is 2.39. The SMILES string of the molecule is O=C(NCCNc1ncccn1)c1cccc(NS(=O)(=O)c2ccc(Br)cc2)c1. The second-order valence-electron chi connectivity index (χ2n) is 5.90. The first-order valence-electron chi connectivity index (χ1n) is 8.61. The minimum Gasteiger partial charge on any atom is -0.352 e. The quantitative estimate of drug-likeness (QED) is 0.431. The van der Waals surface area contributed by atoms with Crippen molar-refractivity contribution in [2.75, 3.05) is 23.1 Å². The largest absolute Gasteiger partial charge is 0.352 e. The van der Waals surface area contributed by atoms with Crippen LogP contribution in [0.2, 0.25) is 0 Å².